The molecule has 27 heavy (non-hydrogen) atoms. The number of aliphatic carboxylic acids is 1. The molecule has 0 radical (unpaired) electrons. The zero-order chi connectivity index (χ0) is 19.4. The minimum absolute atomic E-state index is 0.0306. The van der Waals surface area contributed by atoms with Gasteiger partial charge in [-0.05, 0) is 66.7 Å². The van der Waals surface area contributed by atoms with Crippen LogP contribution >= 0.6 is 23.2 Å². The van der Waals surface area contributed by atoms with Crippen LogP contribution in [0, 0.1) is 5.82 Å². The standard InChI is InChI=1S/C21H19Cl2FO3/c22-15-6-8-18(20(24)10-15)17-3-1-2-14(17)12-27-16-7-4-13(19(23)11-16)5-9-21(25)26/h4,6-8,10-11H,1-3,5,9,12H2,(H,25,26). The van der Waals surface area contributed by atoms with Gasteiger partial charge >= 0.3 is 5.97 Å². The van der Waals surface area contributed by atoms with E-state index in [2.05, 4.69) is 0 Å². The van der Waals surface area contributed by atoms with E-state index in [0.29, 0.717) is 34.4 Å². The fraction of sp³-hybridized carbons (Fsp3) is 0.286. The first-order valence-corrected chi connectivity index (χ1v) is 9.49. The summed E-state index contributed by atoms with van der Waals surface area (Å²) in [5.74, 6) is -0.571. The molecule has 0 saturated carbocycles. The fourth-order valence-corrected chi connectivity index (χ4v) is 3.68. The van der Waals surface area contributed by atoms with E-state index >= 15 is 0 Å². The first-order chi connectivity index (χ1) is 12.9. The molecule has 0 saturated heterocycles. The van der Waals surface area contributed by atoms with Crippen molar-refractivity contribution in [2.24, 2.45) is 0 Å². The maximum absolute atomic E-state index is 14.2. The second kappa shape index (κ2) is 8.77. The Morgan fingerprint density at radius 1 is 1.15 bits per heavy atom. The molecular weight excluding hydrogens is 390 g/mol. The van der Waals surface area contributed by atoms with E-state index in [-0.39, 0.29) is 12.2 Å². The van der Waals surface area contributed by atoms with E-state index in [9.17, 15) is 9.18 Å². The number of carbonyl (C=O) groups is 1. The lowest BCUT2D eigenvalue weighted by Gasteiger charge is -2.12. The Morgan fingerprint density at radius 3 is 2.67 bits per heavy atom. The largest absolute Gasteiger partial charge is 0.489 e. The van der Waals surface area contributed by atoms with Crippen LogP contribution in [0.25, 0.3) is 5.57 Å². The summed E-state index contributed by atoms with van der Waals surface area (Å²) >= 11 is 12.1. The lowest BCUT2D eigenvalue weighted by molar-refractivity contribution is -0.136. The second-order valence-electron chi connectivity index (χ2n) is 6.50. The van der Waals surface area contributed by atoms with Gasteiger partial charge < -0.3 is 9.84 Å². The second-order valence-corrected chi connectivity index (χ2v) is 7.34. The lowest BCUT2D eigenvalue weighted by atomic mass is 10.0. The molecule has 0 heterocycles. The van der Waals surface area contributed by atoms with Crippen LogP contribution in [0.2, 0.25) is 10.0 Å². The monoisotopic (exact) mass is 408 g/mol. The van der Waals surface area contributed by atoms with Gasteiger partial charge in [-0.15, -0.1) is 0 Å². The number of aryl methyl sites for hydroxylation is 1. The number of allylic oxidation sites excluding steroid dienone is 1. The van der Waals surface area contributed by atoms with E-state index in [1.54, 1.807) is 30.3 Å². The van der Waals surface area contributed by atoms with Crippen molar-refractivity contribution >= 4 is 34.7 Å². The smallest absolute Gasteiger partial charge is 0.303 e. The minimum Gasteiger partial charge on any atom is -0.489 e. The van der Waals surface area contributed by atoms with E-state index in [1.165, 1.54) is 6.07 Å². The average Bonchev–Trinajstić information content (AvgIpc) is 3.07. The van der Waals surface area contributed by atoms with Crippen LogP contribution in [0.4, 0.5) is 4.39 Å². The maximum atomic E-state index is 14.2. The number of hydrogen-bond donors (Lipinski definition) is 1. The van der Waals surface area contributed by atoms with Crippen LogP contribution < -0.4 is 4.74 Å². The van der Waals surface area contributed by atoms with Crippen molar-refractivity contribution < 1.29 is 19.0 Å². The fourth-order valence-electron chi connectivity index (χ4n) is 3.26. The van der Waals surface area contributed by atoms with Gasteiger partial charge in [0.25, 0.3) is 0 Å². The van der Waals surface area contributed by atoms with Crippen LogP contribution in [0.1, 0.15) is 36.8 Å². The van der Waals surface area contributed by atoms with Crippen LogP contribution in [0.3, 0.4) is 0 Å². The lowest BCUT2D eigenvalue weighted by Crippen LogP contribution is -2.03. The molecule has 3 nitrogen and oxygen atoms in total. The highest BCUT2D eigenvalue weighted by Crippen LogP contribution is 2.36. The van der Waals surface area contributed by atoms with Gasteiger partial charge in [-0.2, -0.15) is 0 Å². The Labute approximate surface area is 167 Å². The van der Waals surface area contributed by atoms with Gasteiger partial charge in [-0.3, -0.25) is 4.79 Å². The summed E-state index contributed by atoms with van der Waals surface area (Å²) in [4.78, 5) is 10.7. The zero-order valence-corrected chi connectivity index (χ0v) is 16.1. The molecule has 142 valence electrons. The zero-order valence-electron chi connectivity index (χ0n) is 14.6. The summed E-state index contributed by atoms with van der Waals surface area (Å²) < 4.78 is 20.1. The Balaban J connectivity index is 1.71. The Morgan fingerprint density at radius 2 is 1.96 bits per heavy atom. The van der Waals surface area contributed by atoms with Crippen molar-refractivity contribution in [1.82, 2.24) is 0 Å². The summed E-state index contributed by atoms with van der Waals surface area (Å²) in [6, 6.07) is 9.99. The summed E-state index contributed by atoms with van der Waals surface area (Å²) in [7, 11) is 0. The minimum atomic E-state index is -0.860. The molecule has 1 aliphatic rings. The Bertz CT molecular complexity index is 893. The van der Waals surface area contributed by atoms with E-state index in [1.807, 2.05) is 0 Å². The molecule has 6 heteroatoms. The first kappa shape index (κ1) is 19.7. The highest BCUT2D eigenvalue weighted by atomic mass is 35.5. The Kier molecular flexibility index (Phi) is 6.40. The molecule has 2 aromatic carbocycles. The summed E-state index contributed by atoms with van der Waals surface area (Å²) in [6.45, 7) is 0.363. The Hall–Kier alpha value is -2.04. The molecule has 0 spiro atoms. The molecule has 0 aromatic heterocycles. The van der Waals surface area contributed by atoms with Crippen molar-refractivity contribution in [3.63, 3.8) is 0 Å². The molecule has 2 aromatic rings. The predicted molar refractivity (Wildman–Crippen MR) is 105 cm³/mol. The normalized spacial score (nSPS) is 13.9. The average molecular weight is 409 g/mol. The van der Waals surface area contributed by atoms with Crippen LogP contribution in [0.5, 0.6) is 5.75 Å². The molecule has 0 atom stereocenters. The van der Waals surface area contributed by atoms with E-state index in [4.69, 9.17) is 33.0 Å². The number of ether oxygens (including phenoxy) is 1. The summed E-state index contributed by atoms with van der Waals surface area (Å²) in [5, 5.41) is 9.64. The van der Waals surface area contributed by atoms with E-state index < -0.39 is 5.97 Å². The van der Waals surface area contributed by atoms with Gasteiger partial charge in [0, 0.05) is 22.0 Å². The quantitative estimate of drug-likeness (QED) is 0.595. The van der Waals surface area contributed by atoms with Gasteiger partial charge in [0.2, 0.25) is 0 Å². The number of benzene rings is 2. The number of carboxylic acids is 1. The van der Waals surface area contributed by atoms with Gasteiger partial charge in [0.1, 0.15) is 18.2 Å². The molecule has 0 amide bonds. The number of carboxylic acid groups (broad SMARTS) is 1. The topological polar surface area (TPSA) is 46.5 Å². The SMILES string of the molecule is O=C(O)CCc1ccc(OCC2=C(c3ccc(Cl)cc3F)CCC2)cc1Cl. The van der Waals surface area contributed by atoms with Crippen molar-refractivity contribution in [3.8, 4) is 5.75 Å². The molecule has 1 aliphatic carbocycles. The predicted octanol–water partition coefficient (Wildman–Crippen LogP) is 6.17. The van der Waals surface area contributed by atoms with Gasteiger partial charge in [-0.1, -0.05) is 35.3 Å². The number of rotatable bonds is 7. The molecule has 0 aliphatic heterocycles. The third-order valence-electron chi connectivity index (χ3n) is 4.63. The van der Waals surface area contributed by atoms with Crippen LogP contribution in [0.15, 0.2) is 42.0 Å². The molecule has 0 fully saturated rings. The highest BCUT2D eigenvalue weighted by molar-refractivity contribution is 6.31. The third-order valence-corrected chi connectivity index (χ3v) is 5.22. The summed E-state index contributed by atoms with van der Waals surface area (Å²) in [5.41, 5.74) is 3.41. The van der Waals surface area contributed by atoms with Crippen molar-refractivity contribution in [1.29, 1.82) is 0 Å². The molecular formula is C21H19Cl2FO3. The van der Waals surface area contributed by atoms with Crippen LogP contribution in [-0.4, -0.2) is 17.7 Å². The van der Waals surface area contributed by atoms with Gasteiger partial charge in [-0.25, -0.2) is 4.39 Å². The van der Waals surface area contributed by atoms with Crippen molar-refractivity contribution in [2.45, 2.75) is 32.1 Å². The van der Waals surface area contributed by atoms with Crippen molar-refractivity contribution in [3.05, 3.63) is 69.0 Å². The molecule has 0 bridgehead atoms. The maximum Gasteiger partial charge on any atom is 0.303 e. The van der Waals surface area contributed by atoms with Gasteiger partial charge in [0.05, 0.1) is 0 Å². The first-order valence-electron chi connectivity index (χ1n) is 8.73. The number of hydrogen-bond acceptors (Lipinski definition) is 2. The van der Waals surface area contributed by atoms with Crippen molar-refractivity contribution in [2.75, 3.05) is 6.61 Å². The summed E-state index contributed by atoms with van der Waals surface area (Å²) in [6.07, 6.45) is 3.04. The molecule has 3 rings (SSSR count). The number of halogens is 3. The molecule has 1 N–H and O–H groups in total. The highest BCUT2D eigenvalue weighted by Gasteiger charge is 2.19. The third kappa shape index (κ3) is 5.02. The van der Waals surface area contributed by atoms with E-state index in [0.717, 1.165) is 36.0 Å². The van der Waals surface area contributed by atoms with Crippen LogP contribution in [-0.2, 0) is 11.2 Å². The molecule has 0 unspecified atom stereocenters. The van der Waals surface area contributed by atoms with Gasteiger partial charge in [0.15, 0.2) is 0 Å².